The van der Waals surface area contributed by atoms with Gasteiger partial charge in [-0.25, -0.2) is 0 Å². The van der Waals surface area contributed by atoms with E-state index in [1.165, 1.54) is 56.1 Å². The van der Waals surface area contributed by atoms with Crippen LogP contribution in [0.5, 0.6) is 0 Å². The second kappa shape index (κ2) is 11.6. The molecule has 0 unspecified atom stereocenters. The second-order valence-electron chi connectivity index (χ2n) is 6.52. The fourth-order valence-corrected chi connectivity index (χ4v) is 12.2. The molecule has 0 saturated heterocycles. The van der Waals surface area contributed by atoms with Gasteiger partial charge in [-0.2, -0.15) is 0 Å². The predicted molar refractivity (Wildman–Crippen MR) is 98.8 cm³/mol. The zero-order chi connectivity index (χ0) is 15.5. The first kappa shape index (κ1) is 19.1. The maximum atomic E-state index is 2.35. The summed E-state index contributed by atoms with van der Waals surface area (Å²) in [5.74, 6) is 0. The summed E-state index contributed by atoms with van der Waals surface area (Å²) in [5, 5.41) is 0. The molecule has 0 bridgehead atoms. The summed E-state index contributed by atoms with van der Waals surface area (Å²) in [5.41, 5.74) is 4.56. The van der Waals surface area contributed by atoms with E-state index in [2.05, 4.69) is 45.9 Å². The molecule has 0 fully saturated rings. The van der Waals surface area contributed by atoms with Crippen LogP contribution >= 0.6 is 0 Å². The minimum absolute atomic E-state index is 1.00. The van der Waals surface area contributed by atoms with Gasteiger partial charge in [0, 0.05) is 0 Å². The van der Waals surface area contributed by atoms with E-state index in [0.29, 0.717) is 0 Å². The van der Waals surface area contributed by atoms with Gasteiger partial charge in [0.1, 0.15) is 0 Å². The molecule has 0 atom stereocenters. The Hall–Kier alpha value is 0.0187. The van der Waals surface area contributed by atoms with E-state index in [4.69, 9.17) is 0 Å². The second-order valence-corrected chi connectivity index (χ2v) is 15.1. The Labute approximate surface area is 140 Å². The van der Waals surface area contributed by atoms with Crippen molar-refractivity contribution in [3.8, 4) is 0 Å². The van der Waals surface area contributed by atoms with Crippen molar-refractivity contribution < 1.29 is 0 Å². The van der Waals surface area contributed by atoms with Crippen LogP contribution < -0.4 is 0 Å². The molecule has 1 heteroatoms. The van der Waals surface area contributed by atoms with Crippen LogP contribution in [0.25, 0.3) is 0 Å². The molecule has 119 valence electrons. The number of hydrogen-bond acceptors (Lipinski definition) is 0. The molecule has 0 aromatic heterocycles. The van der Waals surface area contributed by atoms with Gasteiger partial charge in [-0.15, -0.1) is 0 Å². The molecule has 1 aromatic carbocycles. The van der Waals surface area contributed by atoms with E-state index in [1.54, 1.807) is 18.9 Å². The molecule has 0 spiro atoms. The summed E-state index contributed by atoms with van der Waals surface area (Å²) in [7, 11) is 0. The summed E-state index contributed by atoms with van der Waals surface area (Å²) in [6.45, 7) is 9.22. The summed E-state index contributed by atoms with van der Waals surface area (Å²) < 4.78 is 4.96. The number of rotatable bonds is 11. The number of aryl methyl sites for hydroxylation is 2. The van der Waals surface area contributed by atoms with Crippen LogP contribution in [0.2, 0.25) is 13.3 Å². The zero-order valence-corrected chi connectivity index (χ0v) is 17.7. The van der Waals surface area contributed by atoms with E-state index in [0.717, 1.165) is 0 Å². The fourth-order valence-electron chi connectivity index (χ4n) is 3.00. The number of hydrogen-bond donors (Lipinski definition) is 0. The van der Waals surface area contributed by atoms with Gasteiger partial charge in [-0.1, -0.05) is 0 Å². The molecule has 0 saturated carbocycles. The van der Waals surface area contributed by atoms with Crippen molar-refractivity contribution in [1.29, 1.82) is 0 Å². The van der Waals surface area contributed by atoms with Gasteiger partial charge in [-0.05, 0) is 0 Å². The van der Waals surface area contributed by atoms with Crippen molar-refractivity contribution in [2.24, 2.45) is 0 Å². The Morgan fingerprint density at radius 1 is 0.810 bits per heavy atom. The number of benzene rings is 1. The first-order valence-corrected chi connectivity index (χ1v) is 15.1. The van der Waals surface area contributed by atoms with E-state index in [9.17, 15) is 0 Å². The molecule has 1 rings (SSSR count). The van der Waals surface area contributed by atoms with Crippen molar-refractivity contribution in [3.05, 3.63) is 34.9 Å². The Morgan fingerprint density at radius 3 is 2.05 bits per heavy atom. The van der Waals surface area contributed by atoms with Crippen molar-refractivity contribution in [1.82, 2.24) is 0 Å². The molecule has 0 nitrogen and oxygen atoms in total. The van der Waals surface area contributed by atoms with Crippen LogP contribution in [0.3, 0.4) is 0 Å². The first-order valence-electron chi connectivity index (χ1n) is 9.07. The molecule has 0 aliphatic heterocycles. The predicted octanol–water partition coefficient (Wildman–Crippen LogP) is 6.72. The average molecular weight is 394 g/mol. The third-order valence-electron chi connectivity index (χ3n) is 4.71. The maximum absolute atomic E-state index is 2.35. The molecule has 0 amide bonds. The van der Waals surface area contributed by atoms with Gasteiger partial charge in [0.25, 0.3) is 0 Å². The fraction of sp³-hybridized carbons (Fsp3) is 0.700. The Kier molecular flexibility index (Phi) is 10.5. The Morgan fingerprint density at radius 2 is 1.43 bits per heavy atom. The SMILES string of the molecule is CCC[CH2][Sn]([CH2]CCC)[CH2]CCCc1cccc(C)c1C. The van der Waals surface area contributed by atoms with Crippen molar-refractivity contribution in [3.63, 3.8) is 0 Å². The quantitative estimate of drug-likeness (QED) is 0.289. The molecule has 0 aliphatic carbocycles. The van der Waals surface area contributed by atoms with Gasteiger partial charge in [0.05, 0.1) is 0 Å². The van der Waals surface area contributed by atoms with E-state index >= 15 is 0 Å². The first-order chi connectivity index (χ1) is 10.2. The minimum atomic E-state index is -1.00. The van der Waals surface area contributed by atoms with Crippen molar-refractivity contribution in [2.45, 2.75) is 86.0 Å². The van der Waals surface area contributed by atoms with Gasteiger partial charge in [0.2, 0.25) is 0 Å². The molecule has 0 N–H and O–H groups in total. The van der Waals surface area contributed by atoms with E-state index < -0.39 is 19.8 Å². The zero-order valence-electron chi connectivity index (χ0n) is 14.8. The Balaban J connectivity index is 2.31. The standard InChI is InChI=1S/C12H17.2C4H9.Sn/c1-4-5-8-12-9-6-7-10(2)11(12)3;2*1-3-4-2;/h6-7,9H,1,4-5,8H2,2-3H3;2*1,3-4H2,2H3;. The molecular weight excluding hydrogens is 359 g/mol. The van der Waals surface area contributed by atoms with Gasteiger partial charge in [-0.3, -0.25) is 0 Å². The monoisotopic (exact) mass is 395 g/mol. The Bertz CT molecular complexity index is 375. The van der Waals surface area contributed by atoms with Crippen LogP contribution in [-0.2, 0) is 6.42 Å². The molecule has 1 aromatic rings. The molecule has 1 radical (unpaired) electrons. The van der Waals surface area contributed by atoms with Crippen molar-refractivity contribution >= 4 is 19.8 Å². The van der Waals surface area contributed by atoms with Gasteiger partial charge in [0.15, 0.2) is 0 Å². The van der Waals surface area contributed by atoms with Crippen molar-refractivity contribution in [2.75, 3.05) is 0 Å². The summed E-state index contributed by atoms with van der Waals surface area (Å²) in [6.07, 6.45) is 10.0. The van der Waals surface area contributed by atoms with E-state index in [-0.39, 0.29) is 0 Å². The molecule has 0 heterocycles. The van der Waals surface area contributed by atoms with Gasteiger partial charge >= 0.3 is 141 Å². The van der Waals surface area contributed by atoms with Gasteiger partial charge < -0.3 is 0 Å². The van der Waals surface area contributed by atoms with Crippen LogP contribution in [0, 0.1) is 13.8 Å². The average Bonchev–Trinajstić information content (AvgIpc) is 2.49. The summed E-state index contributed by atoms with van der Waals surface area (Å²) >= 11 is -1.00. The number of unbranched alkanes of at least 4 members (excludes halogenated alkanes) is 3. The van der Waals surface area contributed by atoms with E-state index in [1.807, 2.05) is 0 Å². The van der Waals surface area contributed by atoms with Crippen LogP contribution in [0.1, 0.15) is 69.1 Å². The normalized spacial score (nSPS) is 11.3. The summed E-state index contributed by atoms with van der Waals surface area (Å²) in [6, 6.07) is 6.79. The van der Waals surface area contributed by atoms with Crippen LogP contribution in [0.4, 0.5) is 0 Å². The third kappa shape index (κ3) is 7.72. The third-order valence-corrected chi connectivity index (χ3v) is 13.8. The van der Waals surface area contributed by atoms with Crippen LogP contribution in [0.15, 0.2) is 18.2 Å². The molecular formula is C20H35Sn. The van der Waals surface area contributed by atoms with Crippen LogP contribution in [-0.4, -0.2) is 19.8 Å². The summed E-state index contributed by atoms with van der Waals surface area (Å²) in [4.78, 5) is 0. The topological polar surface area (TPSA) is 0 Å². The molecule has 0 aliphatic rings. The molecule has 21 heavy (non-hydrogen) atoms.